The number of amides is 2. The average molecular weight is 632 g/mol. The maximum atomic E-state index is 13.0. The van der Waals surface area contributed by atoms with Crippen LogP contribution in [0.2, 0.25) is 0 Å². The van der Waals surface area contributed by atoms with Gasteiger partial charge in [0.2, 0.25) is 11.8 Å². The van der Waals surface area contributed by atoms with E-state index in [0.29, 0.717) is 39.0 Å². The zero-order chi connectivity index (χ0) is 32.9. The van der Waals surface area contributed by atoms with E-state index in [4.69, 9.17) is 5.73 Å². The van der Waals surface area contributed by atoms with Gasteiger partial charge in [0, 0.05) is 39.0 Å². The molecule has 0 aliphatic rings. The summed E-state index contributed by atoms with van der Waals surface area (Å²) in [5, 5.41) is 3.24. The second-order valence-electron chi connectivity index (χ2n) is 13.1. The lowest BCUT2D eigenvalue weighted by molar-refractivity contribution is -0.145. The van der Waals surface area contributed by atoms with Gasteiger partial charge in [0.15, 0.2) is 0 Å². The number of hydrogen-bond acceptors (Lipinski definition) is 4. The van der Waals surface area contributed by atoms with Crippen molar-refractivity contribution < 1.29 is 9.59 Å². The summed E-state index contributed by atoms with van der Waals surface area (Å²) in [4.78, 5) is 27.5. The molecule has 0 saturated heterocycles. The van der Waals surface area contributed by atoms with E-state index in [1.807, 2.05) is 0 Å². The van der Waals surface area contributed by atoms with Crippen molar-refractivity contribution >= 4 is 11.8 Å². The van der Waals surface area contributed by atoms with Crippen molar-refractivity contribution in [2.75, 3.05) is 26.2 Å². The van der Waals surface area contributed by atoms with Gasteiger partial charge in [-0.15, -0.1) is 0 Å². The summed E-state index contributed by atoms with van der Waals surface area (Å²) in [5.41, 5.74) is 5.59. The van der Waals surface area contributed by atoms with Crippen LogP contribution < -0.4 is 11.1 Å². The molecule has 5 nitrogen and oxygen atoms in total. The molecular weight excluding hydrogens is 554 g/mol. The van der Waals surface area contributed by atoms with Crippen molar-refractivity contribution in [1.82, 2.24) is 10.2 Å². The predicted molar refractivity (Wildman–Crippen MR) is 198 cm³/mol. The van der Waals surface area contributed by atoms with Crippen molar-refractivity contribution in [3.63, 3.8) is 0 Å². The van der Waals surface area contributed by atoms with Crippen LogP contribution >= 0.6 is 0 Å². The van der Waals surface area contributed by atoms with E-state index in [1.165, 1.54) is 146 Å². The molecule has 0 atom stereocenters. The molecule has 0 fully saturated rings. The first kappa shape index (κ1) is 43.5. The van der Waals surface area contributed by atoms with Crippen LogP contribution in [0.5, 0.6) is 0 Å². The lowest BCUT2D eigenvalue weighted by atomic mass is 10.1. The highest BCUT2D eigenvalue weighted by atomic mass is 16.2. The Hall–Kier alpha value is -1.46. The first-order valence-corrected chi connectivity index (χ1v) is 19.7. The van der Waals surface area contributed by atoms with Crippen molar-refractivity contribution in [3.05, 3.63) is 24.3 Å². The Morgan fingerprint density at radius 2 is 0.822 bits per heavy atom. The second-order valence-corrected chi connectivity index (χ2v) is 13.1. The molecule has 45 heavy (non-hydrogen) atoms. The molecule has 0 aromatic heterocycles. The van der Waals surface area contributed by atoms with Gasteiger partial charge in [0.1, 0.15) is 0 Å². The predicted octanol–water partition coefficient (Wildman–Crippen LogP) is 11.0. The molecular formula is C40H77N3O2. The standard InChI is InChI=1S/C40H77N3O2/c1-3-5-7-9-11-13-15-17-19-21-23-25-27-29-31-33-39(44)43(38-37-42-36-35-41)40(45)34-32-30-28-26-24-22-20-18-16-14-12-10-8-6-4-2/h17-20,42H,3-16,21-38,41H2,1-2H3. The average Bonchev–Trinajstić information content (AvgIpc) is 3.04. The van der Waals surface area contributed by atoms with Crippen LogP contribution in [0, 0.1) is 0 Å². The number of allylic oxidation sites excluding steroid dienone is 4. The Labute approximate surface area is 281 Å². The van der Waals surface area contributed by atoms with E-state index in [9.17, 15) is 9.59 Å². The molecule has 0 saturated carbocycles. The Morgan fingerprint density at radius 1 is 0.489 bits per heavy atom. The van der Waals surface area contributed by atoms with Gasteiger partial charge in [-0.3, -0.25) is 14.5 Å². The largest absolute Gasteiger partial charge is 0.329 e. The number of nitrogens with two attached hydrogens (primary N) is 1. The highest BCUT2D eigenvalue weighted by Crippen LogP contribution is 2.13. The lowest BCUT2D eigenvalue weighted by Gasteiger charge is -2.21. The van der Waals surface area contributed by atoms with Crippen LogP contribution in [0.3, 0.4) is 0 Å². The number of carbonyl (C=O) groups is 2. The SMILES string of the molecule is CCCCCCCCC=CCCCCCCCC(=O)N(CCNCCN)C(=O)CCCCCCCC=CCCCCCCCC. The molecule has 264 valence electrons. The topological polar surface area (TPSA) is 75.4 Å². The highest BCUT2D eigenvalue weighted by molar-refractivity contribution is 5.95. The molecule has 0 aliphatic heterocycles. The molecule has 0 radical (unpaired) electrons. The summed E-state index contributed by atoms with van der Waals surface area (Å²) in [6.45, 7) is 6.88. The summed E-state index contributed by atoms with van der Waals surface area (Å²) in [6.07, 6.45) is 42.7. The third-order valence-corrected chi connectivity index (χ3v) is 8.74. The molecule has 0 aromatic carbocycles. The van der Waals surface area contributed by atoms with Gasteiger partial charge in [-0.1, -0.05) is 141 Å². The van der Waals surface area contributed by atoms with E-state index in [2.05, 4.69) is 43.5 Å². The summed E-state index contributed by atoms with van der Waals surface area (Å²) >= 11 is 0. The third-order valence-electron chi connectivity index (χ3n) is 8.74. The number of rotatable bonds is 35. The van der Waals surface area contributed by atoms with E-state index < -0.39 is 0 Å². The van der Waals surface area contributed by atoms with Gasteiger partial charge >= 0.3 is 0 Å². The quantitative estimate of drug-likeness (QED) is 0.0539. The summed E-state index contributed by atoms with van der Waals surface area (Å²) < 4.78 is 0. The van der Waals surface area contributed by atoms with Crippen LogP contribution in [0.15, 0.2) is 24.3 Å². The molecule has 0 rings (SSSR count). The number of hydrogen-bond donors (Lipinski definition) is 2. The first-order chi connectivity index (χ1) is 22.2. The lowest BCUT2D eigenvalue weighted by Crippen LogP contribution is -2.41. The minimum Gasteiger partial charge on any atom is -0.329 e. The smallest absolute Gasteiger partial charge is 0.229 e. The van der Waals surface area contributed by atoms with Crippen molar-refractivity contribution in [2.45, 2.75) is 194 Å². The van der Waals surface area contributed by atoms with Gasteiger partial charge < -0.3 is 11.1 Å². The number of imide groups is 1. The first-order valence-electron chi connectivity index (χ1n) is 19.7. The van der Waals surface area contributed by atoms with Crippen LogP contribution in [-0.2, 0) is 9.59 Å². The monoisotopic (exact) mass is 632 g/mol. The van der Waals surface area contributed by atoms with E-state index in [0.717, 1.165) is 25.7 Å². The molecule has 0 bridgehead atoms. The van der Waals surface area contributed by atoms with Gasteiger partial charge in [0.05, 0.1) is 0 Å². The number of nitrogens with one attached hydrogen (secondary N) is 1. The fourth-order valence-corrected chi connectivity index (χ4v) is 5.77. The van der Waals surface area contributed by atoms with Crippen LogP contribution in [-0.4, -0.2) is 42.9 Å². The molecule has 0 aliphatic carbocycles. The Kier molecular flexibility index (Phi) is 35.8. The zero-order valence-electron chi connectivity index (χ0n) is 30.3. The van der Waals surface area contributed by atoms with Crippen LogP contribution in [0.25, 0.3) is 0 Å². The Bertz CT molecular complexity index is 639. The van der Waals surface area contributed by atoms with Gasteiger partial charge in [-0.2, -0.15) is 0 Å². The Balaban J connectivity index is 3.99. The summed E-state index contributed by atoms with van der Waals surface area (Å²) in [5.74, 6) is -0.000144. The van der Waals surface area contributed by atoms with Gasteiger partial charge in [0.25, 0.3) is 0 Å². The third kappa shape index (κ3) is 32.3. The Morgan fingerprint density at radius 3 is 1.18 bits per heavy atom. The maximum absolute atomic E-state index is 13.0. The fourth-order valence-electron chi connectivity index (χ4n) is 5.77. The minimum absolute atomic E-state index is 0.0000718. The normalized spacial score (nSPS) is 11.7. The zero-order valence-corrected chi connectivity index (χ0v) is 30.3. The van der Waals surface area contributed by atoms with E-state index in [-0.39, 0.29) is 11.8 Å². The van der Waals surface area contributed by atoms with E-state index >= 15 is 0 Å². The summed E-state index contributed by atoms with van der Waals surface area (Å²) in [7, 11) is 0. The molecule has 0 unspecified atom stereocenters. The van der Waals surface area contributed by atoms with Crippen molar-refractivity contribution in [3.8, 4) is 0 Å². The highest BCUT2D eigenvalue weighted by Gasteiger charge is 2.20. The van der Waals surface area contributed by atoms with E-state index in [1.54, 1.807) is 0 Å². The van der Waals surface area contributed by atoms with Crippen molar-refractivity contribution in [1.29, 1.82) is 0 Å². The molecule has 0 heterocycles. The number of nitrogens with zero attached hydrogens (tertiary/aromatic N) is 1. The van der Waals surface area contributed by atoms with Gasteiger partial charge in [-0.05, 0) is 64.2 Å². The minimum atomic E-state index is -0.0000718. The van der Waals surface area contributed by atoms with Crippen LogP contribution in [0.4, 0.5) is 0 Å². The van der Waals surface area contributed by atoms with Gasteiger partial charge in [-0.25, -0.2) is 0 Å². The molecule has 2 amide bonds. The fraction of sp³-hybridized carbons (Fsp3) is 0.850. The number of unbranched alkanes of at least 4 members (excludes halogenated alkanes) is 22. The van der Waals surface area contributed by atoms with Crippen molar-refractivity contribution in [2.24, 2.45) is 5.73 Å². The summed E-state index contributed by atoms with van der Waals surface area (Å²) in [6, 6.07) is 0. The number of carbonyl (C=O) groups excluding carboxylic acids is 2. The molecule has 0 aromatic rings. The molecule has 3 N–H and O–H groups in total. The van der Waals surface area contributed by atoms with Crippen LogP contribution in [0.1, 0.15) is 194 Å². The maximum Gasteiger partial charge on any atom is 0.229 e. The molecule has 0 spiro atoms. The molecule has 5 heteroatoms. The second kappa shape index (κ2) is 37.0.